The molecule has 0 bridgehead atoms. The highest BCUT2D eigenvalue weighted by Gasteiger charge is 2.38. The third kappa shape index (κ3) is 5.25. The molecule has 0 amide bonds. The number of carboxylic acid groups (broad SMARTS) is 1. The normalized spacial score (nSPS) is 16.7. The lowest BCUT2D eigenvalue weighted by Gasteiger charge is -2.22. The maximum Gasteiger partial charge on any atom is 0.490 e. The van der Waals surface area contributed by atoms with Gasteiger partial charge in [-0.15, -0.1) is 11.3 Å². The lowest BCUT2D eigenvalue weighted by molar-refractivity contribution is -0.192. The molecular formula is C22H22F3N5O2S. The van der Waals surface area contributed by atoms with Crippen LogP contribution in [0.15, 0.2) is 54.6 Å². The van der Waals surface area contributed by atoms with Crippen molar-refractivity contribution in [1.82, 2.24) is 24.1 Å². The average molecular weight is 478 g/mol. The van der Waals surface area contributed by atoms with Crippen molar-refractivity contribution in [3.8, 4) is 10.4 Å². The monoisotopic (exact) mass is 477 g/mol. The number of rotatable bonds is 4. The van der Waals surface area contributed by atoms with Crippen LogP contribution >= 0.6 is 11.3 Å². The van der Waals surface area contributed by atoms with Gasteiger partial charge in [-0.3, -0.25) is 9.58 Å². The molecule has 0 saturated carbocycles. The number of halogens is 3. The minimum atomic E-state index is -5.08. The maximum absolute atomic E-state index is 10.6. The van der Waals surface area contributed by atoms with Gasteiger partial charge >= 0.3 is 12.1 Å². The van der Waals surface area contributed by atoms with E-state index in [9.17, 15) is 13.2 Å². The molecule has 1 aliphatic rings. The molecule has 11 heteroatoms. The first-order chi connectivity index (χ1) is 15.7. The molecule has 0 aromatic carbocycles. The van der Waals surface area contributed by atoms with E-state index >= 15 is 0 Å². The van der Waals surface area contributed by atoms with Crippen LogP contribution in [0.5, 0.6) is 0 Å². The highest BCUT2D eigenvalue weighted by atomic mass is 32.1. The minimum absolute atomic E-state index is 0.382. The number of imidazole rings is 1. The number of carbonyl (C=O) groups is 1. The molecule has 1 saturated heterocycles. The van der Waals surface area contributed by atoms with E-state index in [2.05, 4.69) is 56.4 Å². The van der Waals surface area contributed by atoms with Crippen molar-refractivity contribution < 1.29 is 23.1 Å². The fourth-order valence-corrected chi connectivity index (χ4v) is 4.70. The second-order valence-corrected chi connectivity index (χ2v) is 8.72. The van der Waals surface area contributed by atoms with Crippen molar-refractivity contribution in [2.24, 2.45) is 7.05 Å². The Morgan fingerprint density at radius 1 is 1.27 bits per heavy atom. The Balaban J connectivity index is 0.000000325. The molecular weight excluding hydrogens is 455 g/mol. The van der Waals surface area contributed by atoms with E-state index in [1.54, 1.807) is 11.3 Å². The Kier molecular flexibility index (Phi) is 6.52. The van der Waals surface area contributed by atoms with Gasteiger partial charge in [0.15, 0.2) is 0 Å². The second kappa shape index (κ2) is 9.36. The molecule has 1 atom stereocenters. The number of aliphatic carboxylic acids is 1. The third-order valence-electron chi connectivity index (χ3n) is 5.43. The summed E-state index contributed by atoms with van der Waals surface area (Å²) < 4.78 is 35.8. The van der Waals surface area contributed by atoms with Gasteiger partial charge in [0.05, 0.1) is 29.8 Å². The molecule has 0 spiro atoms. The smallest absolute Gasteiger partial charge is 0.475 e. The number of hydrogen-bond donors (Lipinski definition) is 1. The van der Waals surface area contributed by atoms with Crippen LogP contribution in [0.3, 0.4) is 0 Å². The molecule has 0 radical (unpaired) electrons. The first-order valence-corrected chi connectivity index (χ1v) is 11.1. The third-order valence-corrected chi connectivity index (χ3v) is 6.35. The van der Waals surface area contributed by atoms with Crippen LogP contribution < -0.4 is 0 Å². The van der Waals surface area contributed by atoms with E-state index < -0.39 is 12.1 Å². The van der Waals surface area contributed by atoms with Crippen LogP contribution in [0.4, 0.5) is 13.2 Å². The summed E-state index contributed by atoms with van der Waals surface area (Å²) in [5, 5.41) is 13.5. The first-order valence-electron chi connectivity index (χ1n) is 10.2. The molecule has 5 heterocycles. The van der Waals surface area contributed by atoms with Crippen molar-refractivity contribution in [2.45, 2.75) is 31.6 Å². The predicted molar refractivity (Wildman–Crippen MR) is 118 cm³/mol. The number of thiophene rings is 1. The van der Waals surface area contributed by atoms with Crippen LogP contribution in [-0.4, -0.2) is 47.9 Å². The summed E-state index contributed by atoms with van der Waals surface area (Å²) in [4.78, 5) is 17.5. The van der Waals surface area contributed by atoms with E-state index in [-0.39, 0.29) is 0 Å². The number of likely N-dealkylation sites (tertiary alicyclic amines) is 1. The average Bonchev–Trinajstić information content (AvgIpc) is 3.55. The maximum atomic E-state index is 10.6. The minimum Gasteiger partial charge on any atom is -0.475 e. The van der Waals surface area contributed by atoms with Crippen molar-refractivity contribution in [2.75, 3.05) is 6.54 Å². The topological polar surface area (TPSA) is 75.7 Å². The van der Waals surface area contributed by atoms with Gasteiger partial charge in [-0.25, -0.2) is 9.78 Å². The van der Waals surface area contributed by atoms with Crippen LogP contribution in [0.1, 0.15) is 30.1 Å². The molecule has 33 heavy (non-hydrogen) atoms. The Morgan fingerprint density at radius 3 is 2.70 bits per heavy atom. The van der Waals surface area contributed by atoms with Crippen LogP contribution in [0, 0.1) is 0 Å². The van der Waals surface area contributed by atoms with Crippen molar-refractivity contribution >= 4 is 22.8 Å². The zero-order valence-corrected chi connectivity index (χ0v) is 18.6. The van der Waals surface area contributed by atoms with Crippen LogP contribution in [0.2, 0.25) is 0 Å². The number of carboxylic acids is 1. The highest BCUT2D eigenvalue weighted by Crippen LogP contribution is 2.35. The summed E-state index contributed by atoms with van der Waals surface area (Å²) >= 11 is 1.77. The van der Waals surface area contributed by atoms with Gasteiger partial charge < -0.3 is 9.51 Å². The van der Waals surface area contributed by atoms with E-state index in [4.69, 9.17) is 14.9 Å². The first kappa shape index (κ1) is 23.0. The summed E-state index contributed by atoms with van der Waals surface area (Å²) in [6.07, 6.45) is 5.53. The quantitative estimate of drug-likeness (QED) is 0.459. The molecule has 1 aliphatic heterocycles. The fourth-order valence-electron chi connectivity index (χ4n) is 3.98. The Hall–Kier alpha value is -3.18. The lowest BCUT2D eigenvalue weighted by Crippen LogP contribution is -2.23. The summed E-state index contributed by atoms with van der Waals surface area (Å²) in [5.41, 5.74) is 4.93. The molecule has 1 fully saturated rings. The molecule has 5 rings (SSSR count). The van der Waals surface area contributed by atoms with Crippen molar-refractivity contribution in [1.29, 1.82) is 0 Å². The molecule has 174 valence electrons. The molecule has 1 N–H and O–H groups in total. The highest BCUT2D eigenvalue weighted by molar-refractivity contribution is 7.13. The summed E-state index contributed by atoms with van der Waals surface area (Å²) in [7, 11) is 1.97. The molecule has 0 aliphatic carbocycles. The van der Waals surface area contributed by atoms with Gasteiger partial charge in [0.1, 0.15) is 0 Å². The summed E-state index contributed by atoms with van der Waals surface area (Å²) in [6, 6.07) is 9.08. The Bertz CT molecular complexity index is 1230. The number of pyridine rings is 1. The lowest BCUT2D eigenvalue weighted by atomic mass is 10.1. The predicted octanol–water partition coefficient (Wildman–Crippen LogP) is 4.77. The van der Waals surface area contributed by atoms with Gasteiger partial charge in [0.25, 0.3) is 0 Å². The van der Waals surface area contributed by atoms with Gasteiger partial charge in [0, 0.05) is 42.0 Å². The number of aromatic nitrogens is 4. The molecule has 4 aromatic rings. The van der Waals surface area contributed by atoms with Gasteiger partial charge in [-0.1, -0.05) is 6.07 Å². The number of alkyl halides is 3. The number of hydrogen-bond acceptors (Lipinski definition) is 5. The molecule has 7 nitrogen and oxygen atoms in total. The van der Waals surface area contributed by atoms with Gasteiger partial charge in [-0.05, 0) is 43.0 Å². The van der Waals surface area contributed by atoms with E-state index in [0.29, 0.717) is 6.04 Å². The zero-order chi connectivity index (χ0) is 23.6. The summed E-state index contributed by atoms with van der Waals surface area (Å²) in [5.74, 6) is -2.76. The largest absolute Gasteiger partial charge is 0.490 e. The van der Waals surface area contributed by atoms with Crippen molar-refractivity contribution in [3.63, 3.8) is 0 Å². The van der Waals surface area contributed by atoms with Gasteiger partial charge in [0.2, 0.25) is 0 Å². The van der Waals surface area contributed by atoms with E-state index in [1.807, 2.05) is 24.3 Å². The number of nitrogens with zero attached hydrogens (tertiary/aromatic N) is 5. The fraction of sp³-hybridized carbons (Fsp3) is 0.318. The van der Waals surface area contributed by atoms with Gasteiger partial charge in [-0.2, -0.15) is 18.3 Å². The van der Waals surface area contributed by atoms with Crippen molar-refractivity contribution in [3.05, 3.63) is 65.8 Å². The number of aryl methyl sites for hydroxylation is 1. The Labute approximate surface area is 191 Å². The van der Waals surface area contributed by atoms with Crippen LogP contribution in [-0.2, 0) is 18.4 Å². The van der Waals surface area contributed by atoms with E-state index in [1.165, 1.54) is 40.1 Å². The SMILES string of the molecule is Cn1cc(CN2CCCC2c2ncn3cc(-c4cccs4)ccc23)cn1.O=C(O)C(F)(F)F. The van der Waals surface area contributed by atoms with E-state index in [0.717, 1.165) is 13.1 Å². The van der Waals surface area contributed by atoms with Crippen LogP contribution in [0.25, 0.3) is 16.0 Å². The number of fused-ring (bicyclic) bond motifs is 1. The summed E-state index contributed by atoms with van der Waals surface area (Å²) in [6.45, 7) is 2.05. The standard InChI is InChI=1S/C20H21N5S.C2HF3O2/c1-23-11-15(10-22-23)12-24-8-2-4-17(24)20-18-7-6-16(13-25(18)14-21-20)19-5-3-9-26-19;3-2(4,5)1(6)7/h3,5-7,9-11,13-14,17H,2,4,8,12H2,1H3;(H,6,7). The molecule has 4 aromatic heterocycles. The Morgan fingerprint density at radius 2 is 2.06 bits per heavy atom. The molecule has 1 unspecified atom stereocenters. The zero-order valence-electron chi connectivity index (χ0n) is 17.7. The second-order valence-electron chi connectivity index (χ2n) is 7.77.